The third-order valence-corrected chi connectivity index (χ3v) is 6.07. The molecule has 20 heavy (non-hydrogen) atoms. The van der Waals surface area contributed by atoms with Crippen LogP contribution in [0.3, 0.4) is 0 Å². The highest BCUT2D eigenvalue weighted by Crippen LogP contribution is 2.48. The Bertz CT molecular complexity index is 385. The minimum atomic E-state index is -0.393. The van der Waals surface area contributed by atoms with Gasteiger partial charge in [-0.05, 0) is 49.9 Å². The van der Waals surface area contributed by atoms with Crippen molar-refractivity contribution >= 4 is 5.91 Å². The summed E-state index contributed by atoms with van der Waals surface area (Å²) in [7, 11) is 0. The molecule has 3 rings (SSSR count). The fourth-order valence-electron chi connectivity index (χ4n) is 5.03. The molecule has 6 atom stereocenters. The minimum absolute atomic E-state index is 0.0191. The first-order valence-corrected chi connectivity index (χ1v) is 8.23. The number of amides is 1. The molecule has 6 unspecified atom stereocenters. The van der Waals surface area contributed by atoms with E-state index in [0.717, 1.165) is 32.1 Å². The molecule has 3 saturated carbocycles. The van der Waals surface area contributed by atoms with Crippen molar-refractivity contribution in [1.82, 2.24) is 5.32 Å². The molecule has 0 spiro atoms. The Kier molecular flexibility index (Phi) is 3.80. The lowest BCUT2D eigenvalue weighted by Crippen LogP contribution is -2.57. The van der Waals surface area contributed by atoms with Crippen LogP contribution in [-0.2, 0) is 4.79 Å². The number of carbonyl (C=O) groups is 1. The molecule has 0 saturated heterocycles. The van der Waals surface area contributed by atoms with E-state index in [1.54, 1.807) is 0 Å². The van der Waals surface area contributed by atoms with Gasteiger partial charge in [0.2, 0.25) is 5.91 Å². The zero-order valence-electron chi connectivity index (χ0n) is 12.5. The van der Waals surface area contributed by atoms with Gasteiger partial charge in [-0.15, -0.1) is 0 Å². The van der Waals surface area contributed by atoms with Gasteiger partial charge < -0.3 is 16.2 Å². The maximum absolute atomic E-state index is 12.7. The molecule has 3 aliphatic rings. The number of hydrogen-bond acceptors (Lipinski definition) is 3. The van der Waals surface area contributed by atoms with Gasteiger partial charge in [0, 0.05) is 6.04 Å². The van der Waals surface area contributed by atoms with Crippen LogP contribution in [0.2, 0.25) is 0 Å². The van der Waals surface area contributed by atoms with Gasteiger partial charge in [0.25, 0.3) is 0 Å². The van der Waals surface area contributed by atoms with Gasteiger partial charge >= 0.3 is 0 Å². The van der Waals surface area contributed by atoms with Gasteiger partial charge in [-0.25, -0.2) is 0 Å². The highest BCUT2D eigenvalue weighted by molar-refractivity contribution is 5.81. The lowest BCUT2D eigenvalue weighted by Gasteiger charge is -2.41. The van der Waals surface area contributed by atoms with Gasteiger partial charge in [0.05, 0.1) is 18.1 Å². The highest BCUT2D eigenvalue weighted by atomic mass is 16.3. The lowest BCUT2D eigenvalue weighted by atomic mass is 9.76. The van der Waals surface area contributed by atoms with Gasteiger partial charge in [-0.1, -0.05) is 19.8 Å². The van der Waals surface area contributed by atoms with Crippen molar-refractivity contribution in [2.24, 2.45) is 29.4 Å². The number of fused-ring (bicyclic) bond motifs is 2. The molecule has 0 aromatic carbocycles. The van der Waals surface area contributed by atoms with Crippen LogP contribution < -0.4 is 11.1 Å². The first-order chi connectivity index (χ1) is 9.54. The molecular weight excluding hydrogens is 252 g/mol. The summed E-state index contributed by atoms with van der Waals surface area (Å²) in [6, 6.07) is 0.0329. The third-order valence-electron chi connectivity index (χ3n) is 6.07. The van der Waals surface area contributed by atoms with Gasteiger partial charge in [-0.3, -0.25) is 4.79 Å². The van der Waals surface area contributed by atoms with Crippen molar-refractivity contribution < 1.29 is 9.90 Å². The van der Waals surface area contributed by atoms with Crippen molar-refractivity contribution in [2.75, 3.05) is 6.61 Å². The maximum atomic E-state index is 12.7. The molecule has 1 amide bonds. The number of hydrogen-bond donors (Lipinski definition) is 3. The Hall–Kier alpha value is -0.610. The van der Waals surface area contributed by atoms with Crippen LogP contribution in [0.15, 0.2) is 0 Å². The normalized spacial score (nSPS) is 47.5. The smallest absolute Gasteiger partial charge is 0.225 e. The number of aliphatic hydroxyl groups excluding tert-OH is 1. The summed E-state index contributed by atoms with van der Waals surface area (Å²) >= 11 is 0. The number of aliphatic hydroxyl groups is 1. The molecule has 0 aliphatic heterocycles. The van der Waals surface area contributed by atoms with Crippen molar-refractivity contribution in [1.29, 1.82) is 0 Å². The summed E-state index contributed by atoms with van der Waals surface area (Å²) in [6.07, 6.45) is 7.55. The predicted molar refractivity (Wildman–Crippen MR) is 77.9 cm³/mol. The quantitative estimate of drug-likeness (QED) is 0.732. The average molecular weight is 280 g/mol. The van der Waals surface area contributed by atoms with E-state index in [4.69, 9.17) is 5.73 Å². The average Bonchev–Trinajstić information content (AvgIpc) is 2.99. The topological polar surface area (TPSA) is 75.3 Å². The summed E-state index contributed by atoms with van der Waals surface area (Å²) in [5, 5.41) is 13.0. The van der Waals surface area contributed by atoms with E-state index in [2.05, 4.69) is 12.2 Å². The monoisotopic (exact) mass is 280 g/mol. The molecule has 114 valence electrons. The molecule has 0 aromatic heterocycles. The first kappa shape index (κ1) is 14.3. The Morgan fingerprint density at radius 2 is 2.10 bits per heavy atom. The van der Waals surface area contributed by atoms with E-state index in [9.17, 15) is 9.90 Å². The Balaban J connectivity index is 1.68. The van der Waals surface area contributed by atoms with E-state index >= 15 is 0 Å². The third kappa shape index (κ3) is 2.37. The van der Waals surface area contributed by atoms with Crippen LogP contribution >= 0.6 is 0 Å². The van der Waals surface area contributed by atoms with Gasteiger partial charge in [0.1, 0.15) is 0 Å². The summed E-state index contributed by atoms with van der Waals surface area (Å²) in [4.78, 5) is 12.7. The van der Waals surface area contributed by atoms with Crippen LogP contribution in [0.4, 0.5) is 0 Å². The molecule has 0 radical (unpaired) electrons. The first-order valence-electron chi connectivity index (χ1n) is 8.23. The molecule has 0 heterocycles. The summed E-state index contributed by atoms with van der Waals surface area (Å²) in [5.74, 6) is 1.69. The summed E-state index contributed by atoms with van der Waals surface area (Å²) < 4.78 is 0. The SMILES string of the molecule is CC1CCCC(CO)(NC(=O)C2C3CCC(C3)C2N)C1. The summed E-state index contributed by atoms with van der Waals surface area (Å²) in [5.41, 5.74) is 5.87. The molecule has 4 nitrogen and oxygen atoms in total. The van der Waals surface area contributed by atoms with Crippen molar-refractivity contribution in [3.63, 3.8) is 0 Å². The zero-order valence-corrected chi connectivity index (χ0v) is 12.5. The zero-order chi connectivity index (χ0) is 14.3. The molecule has 2 bridgehead atoms. The second kappa shape index (κ2) is 5.30. The largest absolute Gasteiger partial charge is 0.394 e. The van der Waals surface area contributed by atoms with Crippen molar-refractivity contribution in [3.05, 3.63) is 0 Å². The van der Waals surface area contributed by atoms with Crippen LogP contribution in [-0.4, -0.2) is 29.2 Å². The van der Waals surface area contributed by atoms with Crippen molar-refractivity contribution in [2.45, 2.75) is 63.5 Å². The van der Waals surface area contributed by atoms with Crippen LogP contribution in [0.5, 0.6) is 0 Å². The fraction of sp³-hybridized carbons (Fsp3) is 0.938. The molecule has 4 heteroatoms. The van der Waals surface area contributed by atoms with Crippen LogP contribution in [0, 0.1) is 23.7 Å². The van der Waals surface area contributed by atoms with E-state index in [1.165, 1.54) is 12.8 Å². The van der Waals surface area contributed by atoms with Crippen LogP contribution in [0.1, 0.15) is 51.9 Å². The van der Waals surface area contributed by atoms with Gasteiger partial charge in [0.15, 0.2) is 0 Å². The summed E-state index contributed by atoms with van der Waals surface area (Å²) in [6.45, 7) is 2.26. The standard InChI is InChI=1S/C16H28N2O2/c1-10-3-2-6-16(8-10,9-19)18-15(20)13-11-4-5-12(7-11)14(13)17/h10-14,19H,2-9,17H2,1H3,(H,18,20). The van der Waals surface area contributed by atoms with Crippen LogP contribution in [0.25, 0.3) is 0 Å². The second-order valence-corrected chi connectivity index (χ2v) is 7.57. The number of nitrogens with one attached hydrogen (secondary N) is 1. The molecule has 4 N–H and O–H groups in total. The minimum Gasteiger partial charge on any atom is -0.394 e. The predicted octanol–water partition coefficient (Wildman–Crippen LogP) is 1.42. The van der Waals surface area contributed by atoms with Gasteiger partial charge in [-0.2, -0.15) is 0 Å². The number of rotatable bonds is 3. The molecule has 0 aromatic rings. The molecule has 3 aliphatic carbocycles. The maximum Gasteiger partial charge on any atom is 0.225 e. The lowest BCUT2D eigenvalue weighted by molar-refractivity contribution is -0.130. The van der Waals surface area contributed by atoms with E-state index in [1.807, 2.05) is 0 Å². The Labute approximate surface area is 121 Å². The Morgan fingerprint density at radius 1 is 1.35 bits per heavy atom. The highest BCUT2D eigenvalue weighted by Gasteiger charge is 2.50. The molecule has 3 fully saturated rings. The van der Waals surface area contributed by atoms with E-state index in [-0.39, 0.29) is 24.5 Å². The Morgan fingerprint density at radius 3 is 2.70 bits per heavy atom. The van der Waals surface area contributed by atoms with Crippen molar-refractivity contribution in [3.8, 4) is 0 Å². The number of carbonyl (C=O) groups excluding carboxylic acids is 1. The fourth-order valence-corrected chi connectivity index (χ4v) is 5.03. The molecular formula is C16H28N2O2. The number of nitrogens with two attached hydrogens (primary N) is 1. The second-order valence-electron chi connectivity index (χ2n) is 7.57. The van der Waals surface area contributed by atoms with E-state index < -0.39 is 5.54 Å². The van der Waals surface area contributed by atoms with E-state index in [0.29, 0.717) is 17.8 Å².